The fraction of sp³-hybridized carbons (Fsp3) is 0.333. The van der Waals surface area contributed by atoms with E-state index in [1.807, 2.05) is 24.3 Å². The van der Waals surface area contributed by atoms with Gasteiger partial charge in [-0.25, -0.2) is 9.59 Å². The van der Waals surface area contributed by atoms with Crippen LogP contribution < -0.4 is 15.7 Å². The summed E-state index contributed by atoms with van der Waals surface area (Å²) in [7, 11) is 1.65. The monoisotopic (exact) mass is 424 g/mol. The highest BCUT2D eigenvalue weighted by Crippen LogP contribution is 2.28. The Morgan fingerprint density at radius 3 is 2.68 bits per heavy atom. The minimum atomic E-state index is -0.551. The molecule has 1 N–H and O–H groups in total. The molecular weight excluding hydrogens is 396 g/mol. The van der Waals surface area contributed by atoms with Gasteiger partial charge in [-0.1, -0.05) is 19.1 Å². The molecule has 7 heteroatoms. The summed E-state index contributed by atoms with van der Waals surface area (Å²) in [5, 5.41) is 3.46. The number of fused-ring (bicyclic) bond motifs is 1. The Kier molecular flexibility index (Phi) is 7.31. The van der Waals surface area contributed by atoms with Gasteiger partial charge >= 0.3 is 11.7 Å². The van der Waals surface area contributed by atoms with Crippen molar-refractivity contribution in [3.63, 3.8) is 0 Å². The Bertz CT molecular complexity index is 1110. The van der Waals surface area contributed by atoms with Crippen molar-refractivity contribution >= 4 is 22.7 Å². The predicted molar refractivity (Wildman–Crippen MR) is 121 cm³/mol. The fourth-order valence-corrected chi connectivity index (χ4v) is 3.58. The van der Waals surface area contributed by atoms with Crippen molar-refractivity contribution < 1.29 is 18.7 Å². The molecule has 7 nitrogen and oxygen atoms in total. The van der Waals surface area contributed by atoms with Gasteiger partial charge in [-0.15, -0.1) is 0 Å². The van der Waals surface area contributed by atoms with E-state index in [-0.39, 0.29) is 12.6 Å². The Morgan fingerprint density at radius 1 is 1.16 bits per heavy atom. The third-order valence-corrected chi connectivity index (χ3v) is 5.26. The van der Waals surface area contributed by atoms with Crippen molar-refractivity contribution in [2.45, 2.75) is 33.4 Å². The second-order valence-corrected chi connectivity index (χ2v) is 7.16. The highest BCUT2D eigenvalue weighted by molar-refractivity contribution is 5.89. The van der Waals surface area contributed by atoms with Crippen LogP contribution in [0, 0.1) is 0 Å². The first-order valence-corrected chi connectivity index (χ1v) is 10.3. The molecule has 0 saturated carbocycles. The van der Waals surface area contributed by atoms with E-state index in [9.17, 15) is 9.59 Å². The molecule has 2 aromatic carbocycles. The Balaban J connectivity index is 1.89. The number of methoxy groups -OCH3 is 1. The van der Waals surface area contributed by atoms with Gasteiger partial charge in [-0.2, -0.15) is 0 Å². The number of nitrogens with one attached hydrogen (secondary N) is 1. The summed E-state index contributed by atoms with van der Waals surface area (Å²) in [6.07, 6.45) is -0.551. The van der Waals surface area contributed by atoms with Crippen LogP contribution in [0.25, 0.3) is 11.0 Å². The molecule has 31 heavy (non-hydrogen) atoms. The molecular formula is C24H28N2O5. The Hall–Kier alpha value is -3.32. The molecule has 0 fully saturated rings. The third kappa shape index (κ3) is 5.44. The van der Waals surface area contributed by atoms with Gasteiger partial charge in [-0.05, 0) is 55.8 Å². The number of anilines is 1. The Labute approximate surface area is 181 Å². The number of hydrogen-bond donors (Lipinski definition) is 1. The van der Waals surface area contributed by atoms with E-state index < -0.39 is 11.7 Å². The van der Waals surface area contributed by atoms with E-state index in [2.05, 4.69) is 30.1 Å². The van der Waals surface area contributed by atoms with Crippen molar-refractivity contribution in [2.24, 2.45) is 0 Å². The molecule has 0 spiro atoms. The van der Waals surface area contributed by atoms with Gasteiger partial charge in [0, 0.05) is 35.8 Å². The smallest absolute Gasteiger partial charge is 0.411 e. The zero-order valence-corrected chi connectivity index (χ0v) is 18.3. The number of hydrogen-bond acceptors (Lipinski definition) is 6. The Morgan fingerprint density at radius 2 is 1.97 bits per heavy atom. The van der Waals surface area contributed by atoms with E-state index in [0.717, 1.165) is 28.8 Å². The van der Waals surface area contributed by atoms with Crippen molar-refractivity contribution in [3.8, 4) is 5.75 Å². The quantitative estimate of drug-likeness (QED) is 0.515. The van der Waals surface area contributed by atoms with Crippen LogP contribution in [0.3, 0.4) is 0 Å². The summed E-state index contributed by atoms with van der Waals surface area (Å²) in [5.41, 5.74) is 2.49. The van der Waals surface area contributed by atoms with Crippen molar-refractivity contribution in [1.82, 2.24) is 4.90 Å². The van der Waals surface area contributed by atoms with E-state index in [1.165, 1.54) is 6.07 Å². The molecule has 0 aliphatic rings. The van der Waals surface area contributed by atoms with Gasteiger partial charge in [0.1, 0.15) is 11.3 Å². The van der Waals surface area contributed by atoms with Crippen LogP contribution in [-0.4, -0.2) is 31.3 Å². The molecule has 1 aromatic heterocycles. The van der Waals surface area contributed by atoms with Crippen LogP contribution in [0.15, 0.2) is 57.7 Å². The highest BCUT2D eigenvalue weighted by atomic mass is 16.5. The second-order valence-electron chi connectivity index (χ2n) is 7.16. The maximum absolute atomic E-state index is 12.2. The number of ether oxygens (including phenoxy) is 2. The molecule has 0 aliphatic heterocycles. The molecule has 0 bridgehead atoms. The molecule has 1 amide bonds. The lowest BCUT2D eigenvalue weighted by molar-refractivity contribution is 0.168. The van der Waals surface area contributed by atoms with Gasteiger partial charge < -0.3 is 13.9 Å². The number of carbonyl (C=O) groups is 1. The molecule has 0 aliphatic carbocycles. The summed E-state index contributed by atoms with van der Waals surface area (Å²) in [4.78, 5) is 26.2. The van der Waals surface area contributed by atoms with Crippen LogP contribution in [-0.2, 0) is 11.3 Å². The predicted octanol–water partition coefficient (Wildman–Crippen LogP) is 4.95. The van der Waals surface area contributed by atoms with Gasteiger partial charge in [0.2, 0.25) is 0 Å². The van der Waals surface area contributed by atoms with Crippen molar-refractivity contribution in [2.75, 3.05) is 25.6 Å². The molecule has 0 radical (unpaired) electrons. The minimum Gasteiger partial charge on any atom is -0.497 e. The highest BCUT2D eigenvalue weighted by Gasteiger charge is 2.18. The first-order chi connectivity index (χ1) is 14.9. The van der Waals surface area contributed by atoms with E-state index in [4.69, 9.17) is 13.9 Å². The summed E-state index contributed by atoms with van der Waals surface area (Å²) in [6.45, 7) is 7.59. The van der Waals surface area contributed by atoms with E-state index in [1.54, 1.807) is 26.2 Å². The lowest BCUT2D eigenvalue weighted by atomic mass is 10.0. The van der Waals surface area contributed by atoms with Gasteiger partial charge in [0.15, 0.2) is 0 Å². The lowest BCUT2D eigenvalue weighted by Crippen LogP contribution is -2.27. The van der Waals surface area contributed by atoms with Crippen LogP contribution >= 0.6 is 0 Å². The number of amides is 1. The number of benzene rings is 2. The standard InChI is InChI=1S/C24H28N2O5/c1-5-26(16(3)17-8-7-9-20(12-17)29-4)15-18-13-23(27)31-22-14-19(10-11-21(18)22)25-24(28)30-6-2/h7-14,16H,5-6,15H2,1-4H3,(H,25,28). The first kappa shape index (κ1) is 22.4. The summed E-state index contributed by atoms with van der Waals surface area (Å²) in [5.74, 6) is 0.813. The largest absolute Gasteiger partial charge is 0.497 e. The van der Waals surface area contributed by atoms with Gasteiger partial charge in [0.25, 0.3) is 0 Å². The fourth-order valence-electron chi connectivity index (χ4n) is 3.58. The third-order valence-electron chi connectivity index (χ3n) is 5.26. The van der Waals surface area contributed by atoms with Crippen LogP contribution in [0.1, 0.15) is 37.9 Å². The summed E-state index contributed by atoms with van der Waals surface area (Å²) >= 11 is 0. The van der Waals surface area contributed by atoms with E-state index in [0.29, 0.717) is 17.8 Å². The van der Waals surface area contributed by atoms with Crippen LogP contribution in [0.5, 0.6) is 5.75 Å². The second kappa shape index (κ2) is 10.1. The van der Waals surface area contributed by atoms with E-state index >= 15 is 0 Å². The number of carbonyl (C=O) groups excluding carboxylic acids is 1. The topological polar surface area (TPSA) is 81.0 Å². The SMILES string of the molecule is CCOC(=O)Nc1ccc2c(CN(CC)C(C)c3cccc(OC)c3)cc(=O)oc2c1. The maximum Gasteiger partial charge on any atom is 0.411 e. The summed E-state index contributed by atoms with van der Waals surface area (Å²) in [6, 6.07) is 14.9. The molecule has 1 unspecified atom stereocenters. The molecule has 3 rings (SSSR count). The zero-order chi connectivity index (χ0) is 22.4. The molecule has 164 valence electrons. The average Bonchev–Trinajstić information content (AvgIpc) is 2.76. The van der Waals surface area contributed by atoms with Gasteiger partial charge in [-0.3, -0.25) is 10.2 Å². The molecule has 3 aromatic rings. The average molecular weight is 424 g/mol. The van der Waals surface area contributed by atoms with Crippen molar-refractivity contribution in [1.29, 1.82) is 0 Å². The lowest BCUT2D eigenvalue weighted by Gasteiger charge is -2.28. The number of nitrogens with zero attached hydrogens (tertiary/aromatic N) is 1. The van der Waals surface area contributed by atoms with Crippen LogP contribution in [0.2, 0.25) is 0 Å². The maximum atomic E-state index is 12.2. The van der Waals surface area contributed by atoms with Crippen molar-refractivity contribution in [3.05, 3.63) is 70.1 Å². The summed E-state index contributed by atoms with van der Waals surface area (Å²) < 4.78 is 15.6. The number of rotatable bonds is 8. The molecule has 0 saturated heterocycles. The molecule has 1 heterocycles. The first-order valence-electron chi connectivity index (χ1n) is 10.3. The molecule has 1 atom stereocenters. The van der Waals surface area contributed by atoms with Crippen LogP contribution in [0.4, 0.5) is 10.5 Å². The minimum absolute atomic E-state index is 0.118. The zero-order valence-electron chi connectivity index (χ0n) is 18.3. The normalized spacial score (nSPS) is 12.0. The van der Waals surface area contributed by atoms with Gasteiger partial charge in [0.05, 0.1) is 13.7 Å².